The van der Waals surface area contributed by atoms with E-state index < -0.39 is 0 Å². The van der Waals surface area contributed by atoms with E-state index in [0.29, 0.717) is 5.02 Å². The van der Waals surface area contributed by atoms with E-state index in [2.05, 4.69) is 46.1 Å². The van der Waals surface area contributed by atoms with Crippen LogP contribution in [-0.2, 0) is 0 Å². The summed E-state index contributed by atoms with van der Waals surface area (Å²) in [4.78, 5) is 10.9. The molecular weight excluding hydrogens is 346 g/mol. The topological polar surface area (TPSA) is 38.2 Å². The minimum atomic E-state index is 0.594. The first-order valence-corrected chi connectivity index (χ1v) is 9.97. The highest BCUT2D eigenvalue weighted by Crippen LogP contribution is 2.45. The van der Waals surface area contributed by atoms with Crippen LogP contribution in [0, 0.1) is 24.7 Å². The van der Waals surface area contributed by atoms with Crippen molar-refractivity contribution < 1.29 is 4.74 Å². The molecule has 1 aromatic carbocycles. The number of halogens is 1. The molecule has 2 aromatic rings. The number of aromatic nitrogens is 2. The summed E-state index contributed by atoms with van der Waals surface area (Å²) in [7, 11) is 0. The van der Waals surface area contributed by atoms with Gasteiger partial charge in [0, 0.05) is 13.1 Å². The minimum absolute atomic E-state index is 0.594. The van der Waals surface area contributed by atoms with E-state index in [1.165, 1.54) is 31.2 Å². The van der Waals surface area contributed by atoms with E-state index in [9.17, 15) is 0 Å². The van der Waals surface area contributed by atoms with Gasteiger partial charge in [0.05, 0.1) is 24.0 Å². The van der Waals surface area contributed by atoms with Gasteiger partial charge in [-0.15, -0.1) is 0 Å². The number of rotatable bonds is 6. The van der Waals surface area contributed by atoms with Crippen molar-refractivity contribution in [2.24, 2.45) is 17.8 Å². The Labute approximate surface area is 160 Å². The molecule has 1 aromatic heterocycles. The zero-order chi connectivity index (χ0) is 17.9. The first-order chi connectivity index (χ1) is 12.7. The normalized spacial score (nSPS) is 23.1. The van der Waals surface area contributed by atoms with Crippen LogP contribution in [0.4, 0.5) is 5.95 Å². The number of hydrogen-bond donors (Lipinski definition) is 0. The van der Waals surface area contributed by atoms with Crippen molar-refractivity contribution in [1.29, 1.82) is 0 Å². The van der Waals surface area contributed by atoms with Gasteiger partial charge >= 0.3 is 0 Å². The van der Waals surface area contributed by atoms with Crippen LogP contribution in [0.2, 0.25) is 5.02 Å². The molecule has 0 radical (unpaired) electrons. The summed E-state index contributed by atoms with van der Waals surface area (Å²) in [6.07, 6.45) is 8.49. The molecule has 5 heteroatoms. The summed E-state index contributed by atoms with van der Waals surface area (Å²) in [5.41, 5.74) is 1.27. The van der Waals surface area contributed by atoms with Crippen LogP contribution in [0.15, 0.2) is 36.7 Å². The number of benzene rings is 1. The molecule has 2 aliphatic rings. The maximum absolute atomic E-state index is 5.95. The number of nitrogens with zero attached hydrogens (tertiary/aromatic N) is 3. The molecule has 1 saturated heterocycles. The van der Waals surface area contributed by atoms with Gasteiger partial charge in [0.15, 0.2) is 0 Å². The van der Waals surface area contributed by atoms with E-state index in [1.807, 2.05) is 0 Å². The minimum Gasteiger partial charge on any atom is -0.493 e. The van der Waals surface area contributed by atoms with E-state index in [0.717, 1.165) is 49.1 Å². The summed E-state index contributed by atoms with van der Waals surface area (Å²) in [6.45, 7) is 5.06. The van der Waals surface area contributed by atoms with Crippen LogP contribution in [0.5, 0.6) is 5.75 Å². The average molecular weight is 372 g/mol. The molecule has 138 valence electrons. The maximum atomic E-state index is 5.95. The van der Waals surface area contributed by atoms with Gasteiger partial charge < -0.3 is 9.64 Å². The van der Waals surface area contributed by atoms with Crippen molar-refractivity contribution in [2.75, 3.05) is 24.6 Å². The van der Waals surface area contributed by atoms with Crippen LogP contribution >= 0.6 is 11.6 Å². The Kier molecular flexibility index (Phi) is 5.30. The molecule has 4 rings (SSSR count). The summed E-state index contributed by atoms with van der Waals surface area (Å²) >= 11 is 5.87. The van der Waals surface area contributed by atoms with Crippen LogP contribution < -0.4 is 9.64 Å². The number of aryl methyl sites for hydroxylation is 1. The highest BCUT2D eigenvalue weighted by molar-refractivity contribution is 6.30. The lowest BCUT2D eigenvalue weighted by molar-refractivity contribution is 0.279. The van der Waals surface area contributed by atoms with Crippen molar-refractivity contribution in [2.45, 2.75) is 32.6 Å². The summed E-state index contributed by atoms with van der Waals surface area (Å²) in [5, 5.41) is 0.594. The Balaban J connectivity index is 1.17. The average Bonchev–Trinajstić information content (AvgIpc) is 3.40. The Morgan fingerprint density at radius 1 is 1.08 bits per heavy atom. The van der Waals surface area contributed by atoms with Gasteiger partial charge in [-0.25, -0.2) is 9.97 Å². The fourth-order valence-electron chi connectivity index (χ4n) is 3.91. The van der Waals surface area contributed by atoms with E-state index in [4.69, 9.17) is 16.3 Å². The zero-order valence-electron chi connectivity index (χ0n) is 15.3. The Morgan fingerprint density at radius 2 is 1.77 bits per heavy atom. The van der Waals surface area contributed by atoms with Gasteiger partial charge in [-0.2, -0.15) is 0 Å². The van der Waals surface area contributed by atoms with Crippen LogP contribution in [0.3, 0.4) is 0 Å². The molecule has 0 bridgehead atoms. The van der Waals surface area contributed by atoms with E-state index in [-0.39, 0.29) is 0 Å². The molecule has 0 N–H and O–H groups in total. The lowest BCUT2D eigenvalue weighted by Crippen LogP contribution is -2.35. The van der Waals surface area contributed by atoms with Gasteiger partial charge in [-0.05, 0) is 62.5 Å². The van der Waals surface area contributed by atoms with Crippen molar-refractivity contribution in [3.05, 3.63) is 47.2 Å². The third kappa shape index (κ3) is 4.47. The van der Waals surface area contributed by atoms with Gasteiger partial charge in [0.1, 0.15) is 5.75 Å². The number of hydrogen-bond acceptors (Lipinski definition) is 4. The number of piperidine rings is 1. The monoisotopic (exact) mass is 371 g/mol. The molecule has 2 atom stereocenters. The standard InChI is InChI=1S/C21H26ClN3O/c1-15-2-4-20(5-3-15)26-14-18-11-17(18)10-16-6-8-25(9-7-16)21-23-12-19(22)13-24-21/h2-5,12-13,16-18H,6-11,14H2,1H3. The Bertz CT molecular complexity index is 711. The highest BCUT2D eigenvalue weighted by atomic mass is 35.5. The molecule has 1 saturated carbocycles. The summed E-state index contributed by atoms with van der Waals surface area (Å²) in [6, 6.07) is 8.36. The fraction of sp³-hybridized carbons (Fsp3) is 0.524. The zero-order valence-corrected chi connectivity index (χ0v) is 16.0. The third-order valence-electron chi connectivity index (χ3n) is 5.69. The largest absolute Gasteiger partial charge is 0.493 e. The molecule has 2 fully saturated rings. The summed E-state index contributed by atoms with van der Waals surface area (Å²) in [5.74, 6) is 4.23. The maximum Gasteiger partial charge on any atom is 0.225 e. The smallest absolute Gasteiger partial charge is 0.225 e. The van der Waals surface area contributed by atoms with Crippen molar-refractivity contribution in [1.82, 2.24) is 9.97 Å². The van der Waals surface area contributed by atoms with Gasteiger partial charge in [-0.3, -0.25) is 0 Å². The lowest BCUT2D eigenvalue weighted by atomic mass is 9.91. The SMILES string of the molecule is Cc1ccc(OCC2CC2CC2CCN(c3ncc(Cl)cn3)CC2)cc1. The highest BCUT2D eigenvalue weighted by Gasteiger charge is 2.39. The first-order valence-electron chi connectivity index (χ1n) is 9.59. The molecule has 1 aliphatic heterocycles. The summed E-state index contributed by atoms with van der Waals surface area (Å²) < 4.78 is 5.95. The van der Waals surface area contributed by atoms with Crippen LogP contribution in [0.25, 0.3) is 0 Å². The predicted molar refractivity (Wildman–Crippen MR) is 105 cm³/mol. The molecular formula is C21H26ClN3O. The first kappa shape index (κ1) is 17.6. The molecule has 2 heterocycles. The molecule has 0 amide bonds. The second-order valence-corrected chi connectivity index (χ2v) is 8.18. The molecule has 0 spiro atoms. The van der Waals surface area contributed by atoms with Gasteiger partial charge in [0.25, 0.3) is 0 Å². The van der Waals surface area contributed by atoms with Crippen molar-refractivity contribution in [3.63, 3.8) is 0 Å². The quantitative estimate of drug-likeness (QED) is 0.733. The molecule has 1 aliphatic carbocycles. The van der Waals surface area contributed by atoms with E-state index >= 15 is 0 Å². The Hall–Kier alpha value is -1.81. The predicted octanol–water partition coefficient (Wildman–Crippen LogP) is 4.76. The second-order valence-electron chi connectivity index (χ2n) is 7.75. The third-order valence-corrected chi connectivity index (χ3v) is 5.89. The fourth-order valence-corrected chi connectivity index (χ4v) is 4.00. The number of ether oxygens (including phenoxy) is 1. The lowest BCUT2D eigenvalue weighted by Gasteiger charge is -2.32. The van der Waals surface area contributed by atoms with E-state index in [1.54, 1.807) is 12.4 Å². The van der Waals surface area contributed by atoms with Gasteiger partial charge in [0.2, 0.25) is 5.95 Å². The van der Waals surface area contributed by atoms with Crippen molar-refractivity contribution >= 4 is 17.5 Å². The number of anilines is 1. The van der Waals surface area contributed by atoms with Crippen molar-refractivity contribution in [3.8, 4) is 5.75 Å². The Morgan fingerprint density at radius 3 is 2.46 bits per heavy atom. The molecule has 4 nitrogen and oxygen atoms in total. The second kappa shape index (κ2) is 7.83. The van der Waals surface area contributed by atoms with Crippen LogP contribution in [0.1, 0.15) is 31.2 Å². The van der Waals surface area contributed by atoms with Crippen LogP contribution in [-0.4, -0.2) is 29.7 Å². The molecule has 2 unspecified atom stereocenters. The van der Waals surface area contributed by atoms with Gasteiger partial charge in [-0.1, -0.05) is 29.3 Å². The molecule has 26 heavy (non-hydrogen) atoms.